The molecule has 0 amide bonds. The van der Waals surface area contributed by atoms with E-state index in [9.17, 15) is 13.2 Å². The van der Waals surface area contributed by atoms with Crippen molar-refractivity contribution >= 4 is 0 Å². The highest BCUT2D eigenvalue weighted by Gasteiger charge is 2.36. The molecule has 1 rings (SSSR count). The number of nitrogens with one attached hydrogen (secondary N) is 1. The molecule has 3 N–H and O–H groups in total. The Morgan fingerprint density at radius 2 is 2.00 bits per heavy atom. The average molecular weight is 182 g/mol. The zero-order valence-electron chi connectivity index (χ0n) is 5.63. The first-order chi connectivity index (χ1) is 5.43. The van der Waals surface area contributed by atoms with Crippen molar-refractivity contribution in [3.63, 3.8) is 0 Å². The average Bonchev–Trinajstić information content (AvgIpc) is 2.30. The van der Waals surface area contributed by atoms with Crippen molar-refractivity contribution < 1.29 is 23.4 Å². The van der Waals surface area contributed by atoms with Crippen LogP contribution in [0.4, 0.5) is 13.2 Å². The summed E-state index contributed by atoms with van der Waals surface area (Å²) in [6, 6.07) is 0. The monoisotopic (exact) mass is 182 g/mol. The summed E-state index contributed by atoms with van der Waals surface area (Å²) in [5.41, 5.74) is -1.92. The van der Waals surface area contributed by atoms with Gasteiger partial charge in [-0.25, -0.2) is 0 Å². The first kappa shape index (κ1) is 9.01. The third-order valence-corrected chi connectivity index (χ3v) is 1.23. The Morgan fingerprint density at radius 3 is 2.33 bits per heavy atom. The SMILES string of the molecule is OC(O)c1cn[nH]c1C(F)(F)F. The van der Waals surface area contributed by atoms with E-state index in [1.807, 2.05) is 0 Å². The molecule has 0 radical (unpaired) electrons. The lowest BCUT2D eigenvalue weighted by Gasteiger charge is -2.07. The Labute approximate surface area is 64.6 Å². The minimum Gasteiger partial charge on any atom is -0.364 e. The van der Waals surface area contributed by atoms with Crippen molar-refractivity contribution in [2.24, 2.45) is 0 Å². The lowest BCUT2D eigenvalue weighted by Crippen LogP contribution is -2.10. The van der Waals surface area contributed by atoms with Crippen molar-refractivity contribution in [2.75, 3.05) is 0 Å². The fourth-order valence-electron chi connectivity index (χ4n) is 0.718. The van der Waals surface area contributed by atoms with Gasteiger partial charge in [-0.05, 0) is 0 Å². The van der Waals surface area contributed by atoms with E-state index in [2.05, 4.69) is 5.10 Å². The van der Waals surface area contributed by atoms with Gasteiger partial charge >= 0.3 is 6.18 Å². The van der Waals surface area contributed by atoms with Gasteiger partial charge in [-0.2, -0.15) is 18.3 Å². The highest BCUT2D eigenvalue weighted by molar-refractivity contribution is 5.19. The molecular weight excluding hydrogens is 177 g/mol. The third kappa shape index (κ3) is 1.56. The van der Waals surface area contributed by atoms with Crippen LogP contribution in [0.3, 0.4) is 0 Å². The number of rotatable bonds is 1. The molecule has 7 heteroatoms. The number of aliphatic hydroxyl groups is 2. The standard InChI is InChI=1S/C5H5F3N2O2/c6-5(7,8)3-2(4(11)12)1-9-10-3/h1,4,11-12H,(H,9,10). The van der Waals surface area contributed by atoms with Gasteiger partial charge < -0.3 is 10.2 Å². The highest BCUT2D eigenvalue weighted by Crippen LogP contribution is 2.31. The minimum absolute atomic E-state index is 0.678. The fourth-order valence-corrected chi connectivity index (χ4v) is 0.718. The summed E-state index contributed by atoms with van der Waals surface area (Å²) >= 11 is 0. The number of aromatic amines is 1. The van der Waals surface area contributed by atoms with Gasteiger partial charge in [0, 0.05) is 0 Å². The second kappa shape index (κ2) is 2.76. The van der Waals surface area contributed by atoms with Crippen LogP contribution in [-0.2, 0) is 6.18 Å². The molecule has 0 aliphatic heterocycles. The van der Waals surface area contributed by atoms with E-state index in [1.165, 1.54) is 0 Å². The molecule has 12 heavy (non-hydrogen) atoms. The van der Waals surface area contributed by atoms with Crippen LogP contribution < -0.4 is 0 Å². The molecule has 0 spiro atoms. The Kier molecular flexibility index (Phi) is 2.07. The van der Waals surface area contributed by atoms with E-state index in [0.29, 0.717) is 6.20 Å². The van der Waals surface area contributed by atoms with E-state index in [0.717, 1.165) is 0 Å². The van der Waals surface area contributed by atoms with Crippen molar-refractivity contribution in [2.45, 2.75) is 12.5 Å². The van der Waals surface area contributed by atoms with E-state index < -0.39 is 23.7 Å². The van der Waals surface area contributed by atoms with Crippen molar-refractivity contribution in [3.05, 3.63) is 17.5 Å². The van der Waals surface area contributed by atoms with Crippen molar-refractivity contribution in [3.8, 4) is 0 Å². The fraction of sp³-hybridized carbons (Fsp3) is 0.400. The number of halogens is 3. The summed E-state index contributed by atoms with van der Waals surface area (Å²) in [5, 5.41) is 21.6. The smallest absolute Gasteiger partial charge is 0.364 e. The molecule has 1 heterocycles. The number of hydrogen-bond acceptors (Lipinski definition) is 3. The number of hydrogen-bond donors (Lipinski definition) is 3. The largest absolute Gasteiger partial charge is 0.433 e. The number of aliphatic hydroxyl groups excluding tert-OH is 1. The second-order valence-electron chi connectivity index (χ2n) is 2.07. The molecule has 0 saturated heterocycles. The predicted octanol–water partition coefficient (Wildman–Crippen LogP) is 0.412. The van der Waals surface area contributed by atoms with E-state index in [-0.39, 0.29) is 0 Å². The van der Waals surface area contributed by atoms with Crippen LogP contribution in [0.25, 0.3) is 0 Å². The predicted molar refractivity (Wildman–Crippen MR) is 30.8 cm³/mol. The van der Waals surface area contributed by atoms with Crippen LogP contribution in [0, 0.1) is 0 Å². The summed E-state index contributed by atoms with van der Waals surface area (Å²) in [6.07, 6.45) is -6.09. The van der Waals surface area contributed by atoms with E-state index >= 15 is 0 Å². The zero-order valence-corrected chi connectivity index (χ0v) is 5.63. The molecule has 0 atom stereocenters. The number of nitrogens with zero attached hydrogens (tertiary/aromatic N) is 1. The van der Waals surface area contributed by atoms with Crippen LogP contribution >= 0.6 is 0 Å². The topological polar surface area (TPSA) is 69.1 Å². The first-order valence-corrected chi connectivity index (χ1v) is 2.89. The molecule has 0 aliphatic rings. The molecule has 0 saturated carbocycles. The van der Waals surface area contributed by atoms with E-state index in [4.69, 9.17) is 10.2 Å². The van der Waals surface area contributed by atoms with Gasteiger partial charge in [0.1, 0.15) is 5.69 Å². The maximum atomic E-state index is 11.9. The molecule has 68 valence electrons. The Balaban J connectivity index is 3.08. The van der Waals surface area contributed by atoms with E-state index in [1.54, 1.807) is 5.10 Å². The maximum absolute atomic E-state index is 11.9. The molecule has 0 bridgehead atoms. The molecule has 4 nitrogen and oxygen atoms in total. The van der Waals surface area contributed by atoms with Gasteiger partial charge in [0.15, 0.2) is 6.29 Å². The normalized spacial score (nSPS) is 12.5. The summed E-state index contributed by atoms with van der Waals surface area (Å²) in [6.45, 7) is 0. The van der Waals surface area contributed by atoms with Crippen LogP contribution in [0.2, 0.25) is 0 Å². The highest BCUT2D eigenvalue weighted by atomic mass is 19.4. The molecule has 1 aromatic heterocycles. The summed E-state index contributed by atoms with van der Waals surface area (Å²) < 4.78 is 35.8. The minimum atomic E-state index is -4.64. The van der Waals surface area contributed by atoms with Crippen LogP contribution in [0.1, 0.15) is 17.5 Å². The van der Waals surface area contributed by atoms with Crippen molar-refractivity contribution in [1.82, 2.24) is 10.2 Å². The number of alkyl halides is 3. The van der Waals surface area contributed by atoms with Crippen LogP contribution in [0.5, 0.6) is 0 Å². The van der Waals surface area contributed by atoms with Crippen LogP contribution in [0.15, 0.2) is 6.20 Å². The lowest BCUT2D eigenvalue weighted by atomic mass is 10.2. The molecule has 1 aromatic rings. The molecule has 0 aromatic carbocycles. The van der Waals surface area contributed by atoms with Crippen molar-refractivity contribution in [1.29, 1.82) is 0 Å². The Bertz CT molecular complexity index is 268. The lowest BCUT2D eigenvalue weighted by molar-refractivity contribution is -0.145. The number of H-pyrrole nitrogens is 1. The number of aromatic nitrogens is 2. The quantitative estimate of drug-likeness (QED) is 0.551. The molecule has 0 aliphatic carbocycles. The first-order valence-electron chi connectivity index (χ1n) is 2.89. The Hall–Kier alpha value is -1.08. The van der Waals surface area contributed by atoms with Gasteiger partial charge in [-0.15, -0.1) is 0 Å². The summed E-state index contributed by atoms with van der Waals surface area (Å²) in [5.74, 6) is 0. The molecule has 0 unspecified atom stereocenters. The summed E-state index contributed by atoms with van der Waals surface area (Å²) in [4.78, 5) is 0. The molecule has 0 fully saturated rings. The molecular formula is C5H5F3N2O2. The Morgan fingerprint density at radius 1 is 1.42 bits per heavy atom. The van der Waals surface area contributed by atoms with Crippen LogP contribution in [-0.4, -0.2) is 20.4 Å². The summed E-state index contributed by atoms with van der Waals surface area (Å²) in [7, 11) is 0. The second-order valence-corrected chi connectivity index (χ2v) is 2.07. The van der Waals surface area contributed by atoms with Gasteiger partial charge in [-0.3, -0.25) is 5.10 Å². The zero-order chi connectivity index (χ0) is 9.35. The maximum Gasteiger partial charge on any atom is 0.433 e. The van der Waals surface area contributed by atoms with Gasteiger partial charge in [0.25, 0.3) is 0 Å². The van der Waals surface area contributed by atoms with Gasteiger partial charge in [0.2, 0.25) is 0 Å². The third-order valence-electron chi connectivity index (χ3n) is 1.23. The van der Waals surface area contributed by atoms with Gasteiger partial charge in [-0.1, -0.05) is 0 Å². The van der Waals surface area contributed by atoms with Gasteiger partial charge in [0.05, 0.1) is 11.8 Å².